The zero-order valence-electron chi connectivity index (χ0n) is 58.1. The van der Waals surface area contributed by atoms with Crippen LogP contribution in [-0.2, 0) is 65.4 Å². The fourth-order valence-electron chi connectivity index (χ4n) is 10.5. The van der Waals surface area contributed by atoms with E-state index in [1.807, 2.05) is 0 Å². The predicted octanol–water partition coefficient (Wildman–Crippen LogP) is 19.7. The van der Waals surface area contributed by atoms with E-state index in [1.54, 1.807) is 0 Å². The van der Waals surface area contributed by atoms with Crippen LogP contribution >= 0.6 is 15.6 Å². The number of ether oxygens (including phenoxy) is 4. The zero-order chi connectivity index (χ0) is 66.1. The molecular formula is C70H136O17P2. The molecule has 0 fully saturated rings. The molecule has 0 aromatic rings. The highest BCUT2D eigenvalue weighted by Gasteiger charge is 2.30. The van der Waals surface area contributed by atoms with Crippen molar-refractivity contribution in [2.24, 2.45) is 23.7 Å². The summed E-state index contributed by atoms with van der Waals surface area (Å²) in [4.78, 5) is 72.5. The molecule has 0 saturated heterocycles. The third kappa shape index (κ3) is 64.6. The number of aliphatic hydroxyl groups is 1. The standard InChI is InChI=1S/C70H136O17P2/c1-60(2)46-38-30-22-14-11-9-10-12-16-26-34-42-50-67(72)80-56-65(86-69(74)52-44-36-28-17-13-15-23-31-39-47-61(3)4)58-84-88(76,77)82-54-64(71)55-83-89(78,79)85-59-66(87-70(75)53-45-37-29-21-19-25-33-41-49-63(7)8)57-81-68(73)51-43-35-27-20-18-24-32-40-48-62(5)6/h60-66,71H,9-59H2,1-8H3,(H,76,77)(H,78,79)/t64?,65-,66-/m1/s1. The van der Waals surface area contributed by atoms with Crippen molar-refractivity contribution in [3.05, 3.63) is 0 Å². The predicted molar refractivity (Wildman–Crippen MR) is 358 cm³/mol. The number of phosphoric ester groups is 2. The Balaban J connectivity index is 5.25. The Hall–Kier alpha value is -1.94. The topological polar surface area (TPSA) is 237 Å². The van der Waals surface area contributed by atoms with Gasteiger partial charge >= 0.3 is 39.5 Å². The van der Waals surface area contributed by atoms with Crippen LogP contribution in [0.15, 0.2) is 0 Å². The average molecular weight is 1310 g/mol. The third-order valence-electron chi connectivity index (χ3n) is 16.1. The number of aliphatic hydroxyl groups excluding tert-OH is 1. The van der Waals surface area contributed by atoms with Crippen molar-refractivity contribution in [2.75, 3.05) is 39.6 Å². The summed E-state index contributed by atoms with van der Waals surface area (Å²) in [7, 11) is -9.90. The number of hydrogen-bond donors (Lipinski definition) is 3. The first-order chi connectivity index (χ1) is 42.6. The van der Waals surface area contributed by atoms with Gasteiger partial charge in [-0.3, -0.25) is 37.3 Å². The molecule has 3 unspecified atom stereocenters. The van der Waals surface area contributed by atoms with Crippen molar-refractivity contribution in [1.82, 2.24) is 0 Å². The second-order valence-corrected chi connectivity index (χ2v) is 30.1. The molecule has 0 radical (unpaired) electrons. The van der Waals surface area contributed by atoms with Gasteiger partial charge < -0.3 is 33.8 Å². The summed E-state index contributed by atoms with van der Waals surface area (Å²) in [5.41, 5.74) is 0. The van der Waals surface area contributed by atoms with Crippen LogP contribution in [0.3, 0.4) is 0 Å². The summed E-state index contributed by atoms with van der Waals surface area (Å²) in [6.07, 6.45) is 41.8. The monoisotopic (exact) mass is 1310 g/mol. The summed E-state index contributed by atoms with van der Waals surface area (Å²) in [6.45, 7) is 14.1. The lowest BCUT2D eigenvalue weighted by molar-refractivity contribution is -0.161. The van der Waals surface area contributed by atoms with Crippen LogP contribution in [-0.4, -0.2) is 96.7 Å². The number of phosphoric acid groups is 2. The van der Waals surface area contributed by atoms with E-state index in [0.717, 1.165) is 114 Å². The molecule has 528 valence electrons. The van der Waals surface area contributed by atoms with E-state index in [-0.39, 0.29) is 25.7 Å². The number of rotatable bonds is 67. The SMILES string of the molecule is CC(C)CCCCCCCCCCCCCCC(=O)OC[C@H](COP(=O)(O)OCC(O)COP(=O)(O)OC[C@@H](COC(=O)CCCCCCCCCCC(C)C)OC(=O)CCCCCCCCCCC(C)C)OC(=O)CCCCCCCCCCCC(C)C. The summed E-state index contributed by atoms with van der Waals surface area (Å²) in [5.74, 6) is 0.832. The van der Waals surface area contributed by atoms with Gasteiger partial charge in [0.05, 0.1) is 26.4 Å². The Labute approximate surface area is 543 Å². The highest BCUT2D eigenvalue weighted by molar-refractivity contribution is 7.47. The molecule has 0 saturated carbocycles. The van der Waals surface area contributed by atoms with Gasteiger partial charge in [0.25, 0.3) is 0 Å². The Morgan fingerprint density at radius 3 is 0.697 bits per heavy atom. The van der Waals surface area contributed by atoms with Crippen LogP contribution < -0.4 is 0 Å². The lowest BCUT2D eigenvalue weighted by Crippen LogP contribution is -2.30. The van der Waals surface area contributed by atoms with Gasteiger partial charge in [0.15, 0.2) is 12.2 Å². The molecule has 0 bridgehead atoms. The van der Waals surface area contributed by atoms with Crippen LogP contribution in [0.5, 0.6) is 0 Å². The first kappa shape index (κ1) is 87.1. The van der Waals surface area contributed by atoms with E-state index >= 15 is 0 Å². The molecule has 0 spiro atoms. The molecule has 0 amide bonds. The van der Waals surface area contributed by atoms with Crippen molar-refractivity contribution in [2.45, 2.75) is 363 Å². The molecule has 3 N–H and O–H groups in total. The lowest BCUT2D eigenvalue weighted by Gasteiger charge is -2.21. The molecule has 0 aliphatic heterocycles. The molecule has 5 atom stereocenters. The second kappa shape index (κ2) is 59.8. The minimum atomic E-state index is -4.95. The third-order valence-corrected chi connectivity index (χ3v) is 18.0. The number of unbranched alkanes of at least 4 members (excludes halogenated alkanes) is 33. The average Bonchev–Trinajstić information content (AvgIpc) is 3.56. The normalized spacial score (nSPS) is 14.3. The summed E-state index contributed by atoms with van der Waals surface area (Å²) < 4.78 is 68.3. The fraction of sp³-hybridized carbons (Fsp3) is 0.943. The van der Waals surface area contributed by atoms with Gasteiger partial charge in [-0.1, -0.05) is 293 Å². The maximum absolute atomic E-state index is 13.0. The van der Waals surface area contributed by atoms with Gasteiger partial charge in [-0.25, -0.2) is 9.13 Å². The first-order valence-corrected chi connectivity index (χ1v) is 39.2. The molecule has 0 aromatic carbocycles. The van der Waals surface area contributed by atoms with Gasteiger partial charge in [0.2, 0.25) is 0 Å². The van der Waals surface area contributed by atoms with E-state index in [1.165, 1.54) is 148 Å². The molecule has 89 heavy (non-hydrogen) atoms. The van der Waals surface area contributed by atoms with E-state index in [2.05, 4.69) is 55.4 Å². The Morgan fingerprint density at radius 2 is 0.472 bits per heavy atom. The highest BCUT2D eigenvalue weighted by Crippen LogP contribution is 2.45. The zero-order valence-corrected chi connectivity index (χ0v) is 59.8. The summed E-state index contributed by atoms with van der Waals surface area (Å²) in [6, 6.07) is 0. The summed E-state index contributed by atoms with van der Waals surface area (Å²) >= 11 is 0. The maximum atomic E-state index is 13.0. The van der Waals surface area contributed by atoms with Crippen molar-refractivity contribution in [3.8, 4) is 0 Å². The van der Waals surface area contributed by atoms with Crippen LogP contribution in [0, 0.1) is 23.7 Å². The molecule has 19 heteroatoms. The van der Waals surface area contributed by atoms with Crippen molar-refractivity contribution < 1.29 is 80.2 Å². The van der Waals surface area contributed by atoms with Gasteiger partial charge in [-0.05, 0) is 49.4 Å². The lowest BCUT2D eigenvalue weighted by atomic mass is 10.0. The molecule has 0 aromatic heterocycles. The highest BCUT2D eigenvalue weighted by atomic mass is 31.2. The fourth-order valence-corrected chi connectivity index (χ4v) is 12.1. The van der Waals surface area contributed by atoms with Gasteiger partial charge in [-0.2, -0.15) is 0 Å². The Kier molecular flexibility index (Phi) is 58.5. The van der Waals surface area contributed by atoms with Gasteiger partial charge in [-0.15, -0.1) is 0 Å². The minimum absolute atomic E-state index is 0.103. The van der Waals surface area contributed by atoms with Crippen LogP contribution in [0.4, 0.5) is 0 Å². The van der Waals surface area contributed by atoms with E-state index in [9.17, 15) is 43.2 Å². The number of carbonyl (C=O) groups is 4. The minimum Gasteiger partial charge on any atom is -0.462 e. The van der Waals surface area contributed by atoms with Crippen LogP contribution in [0.2, 0.25) is 0 Å². The molecular weight excluding hydrogens is 1170 g/mol. The second-order valence-electron chi connectivity index (χ2n) is 27.2. The van der Waals surface area contributed by atoms with Crippen LogP contribution in [0.25, 0.3) is 0 Å². The molecule has 0 rings (SSSR count). The number of carbonyl (C=O) groups excluding carboxylic acids is 4. The van der Waals surface area contributed by atoms with Crippen LogP contribution in [0.1, 0.15) is 344 Å². The summed E-state index contributed by atoms with van der Waals surface area (Å²) in [5, 5.41) is 10.6. The van der Waals surface area contributed by atoms with Crippen molar-refractivity contribution in [3.63, 3.8) is 0 Å². The van der Waals surface area contributed by atoms with E-state index in [4.69, 9.17) is 37.0 Å². The van der Waals surface area contributed by atoms with Crippen molar-refractivity contribution >= 4 is 39.5 Å². The van der Waals surface area contributed by atoms with E-state index in [0.29, 0.717) is 25.7 Å². The largest absolute Gasteiger partial charge is 0.472 e. The first-order valence-electron chi connectivity index (χ1n) is 36.2. The molecule has 0 aliphatic rings. The molecule has 0 aliphatic carbocycles. The smallest absolute Gasteiger partial charge is 0.462 e. The Morgan fingerprint density at radius 1 is 0.281 bits per heavy atom. The van der Waals surface area contributed by atoms with Gasteiger partial charge in [0.1, 0.15) is 19.3 Å². The number of hydrogen-bond acceptors (Lipinski definition) is 15. The maximum Gasteiger partial charge on any atom is 0.472 e. The molecule has 0 heterocycles. The molecule has 17 nitrogen and oxygen atoms in total. The Bertz CT molecular complexity index is 1760. The van der Waals surface area contributed by atoms with E-state index < -0.39 is 97.5 Å². The van der Waals surface area contributed by atoms with Crippen molar-refractivity contribution in [1.29, 1.82) is 0 Å². The number of esters is 4. The quantitative estimate of drug-likeness (QED) is 0.0222. The van der Waals surface area contributed by atoms with Gasteiger partial charge in [0, 0.05) is 25.7 Å².